The van der Waals surface area contributed by atoms with Crippen molar-refractivity contribution in [3.8, 4) is 0 Å². The van der Waals surface area contributed by atoms with Crippen molar-refractivity contribution < 1.29 is 31.5 Å². The molecule has 8 heteroatoms. The molecule has 2 rings (SSSR count). The molecule has 0 saturated heterocycles. The first kappa shape index (κ1) is 18.7. The van der Waals surface area contributed by atoms with Crippen LogP contribution >= 0.6 is 11.6 Å². The second-order valence-corrected chi connectivity index (χ2v) is 6.55. The van der Waals surface area contributed by atoms with Crippen molar-refractivity contribution in [1.29, 1.82) is 0 Å². The van der Waals surface area contributed by atoms with E-state index in [9.17, 15) is 26.7 Å². The summed E-state index contributed by atoms with van der Waals surface area (Å²) in [5.41, 5.74) is -0.904. The third-order valence-corrected chi connectivity index (χ3v) is 4.54. The summed E-state index contributed by atoms with van der Waals surface area (Å²) in [4.78, 5) is 12.0. The van der Waals surface area contributed by atoms with Crippen LogP contribution in [0.25, 0.3) is 0 Å². The summed E-state index contributed by atoms with van der Waals surface area (Å²) in [5.74, 6) is -5.60. The Morgan fingerprint density at radius 3 is 2.54 bits per heavy atom. The van der Waals surface area contributed by atoms with E-state index in [0.29, 0.717) is 6.08 Å². The SMILES string of the molecule is CC1(C)[C@H](C(=O)OCc2c(F)cccc2Cl)[C@@H]1C=C(F)C(F)(F)F. The quantitative estimate of drug-likeness (QED) is 0.538. The zero-order valence-electron chi connectivity index (χ0n) is 12.8. The minimum absolute atomic E-state index is 0.0282. The Balaban J connectivity index is 2.06. The second-order valence-electron chi connectivity index (χ2n) is 6.15. The zero-order chi connectivity index (χ0) is 18.3. The highest BCUT2D eigenvalue weighted by Gasteiger charge is 2.62. The van der Waals surface area contributed by atoms with E-state index in [1.54, 1.807) is 0 Å². The highest BCUT2D eigenvalue weighted by atomic mass is 35.5. The predicted octanol–water partition coefficient (Wildman–Crippen LogP) is 5.21. The number of hydrogen-bond acceptors (Lipinski definition) is 2. The van der Waals surface area contributed by atoms with E-state index in [4.69, 9.17) is 16.3 Å². The molecular weight excluding hydrogens is 355 g/mol. The van der Waals surface area contributed by atoms with Crippen molar-refractivity contribution in [1.82, 2.24) is 0 Å². The molecule has 1 fully saturated rings. The lowest BCUT2D eigenvalue weighted by molar-refractivity contribution is -0.147. The maximum atomic E-state index is 13.6. The van der Waals surface area contributed by atoms with Gasteiger partial charge in [-0.3, -0.25) is 4.79 Å². The first-order valence-corrected chi connectivity index (χ1v) is 7.38. The Bertz CT molecular complexity index is 661. The van der Waals surface area contributed by atoms with E-state index in [2.05, 4.69) is 0 Å². The Morgan fingerprint density at radius 1 is 1.38 bits per heavy atom. The van der Waals surface area contributed by atoms with Crippen LogP contribution in [0.5, 0.6) is 0 Å². The maximum absolute atomic E-state index is 13.6. The van der Waals surface area contributed by atoms with E-state index < -0.39 is 47.6 Å². The van der Waals surface area contributed by atoms with Gasteiger partial charge in [0.05, 0.1) is 10.9 Å². The van der Waals surface area contributed by atoms with Crippen molar-refractivity contribution in [2.45, 2.75) is 26.6 Å². The molecule has 2 atom stereocenters. The van der Waals surface area contributed by atoms with Crippen molar-refractivity contribution in [3.63, 3.8) is 0 Å². The van der Waals surface area contributed by atoms with Gasteiger partial charge in [0.1, 0.15) is 12.4 Å². The molecule has 0 bridgehead atoms. The number of hydrogen-bond donors (Lipinski definition) is 0. The van der Waals surface area contributed by atoms with Gasteiger partial charge in [0, 0.05) is 5.56 Å². The zero-order valence-corrected chi connectivity index (χ0v) is 13.5. The highest BCUT2D eigenvalue weighted by molar-refractivity contribution is 6.31. The van der Waals surface area contributed by atoms with E-state index in [-0.39, 0.29) is 10.6 Å². The summed E-state index contributed by atoms with van der Waals surface area (Å²) in [5, 5.41) is 0.0671. The molecule has 1 aliphatic carbocycles. The third kappa shape index (κ3) is 3.71. The van der Waals surface area contributed by atoms with Gasteiger partial charge in [-0.15, -0.1) is 0 Å². The topological polar surface area (TPSA) is 26.3 Å². The van der Waals surface area contributed by atoms with Crippen LogP contribution in [0.2, 0.25) is 5.02 Å². The van der Waals surface area contributed by atoms with Crippen LogP contribution in [0.1, 0.15) is 19.4 Å². The summed E-state index contributed by atoms with van der Waals surface area (Å²) < 4.78 is 68.4. The minimum atomic E-state index is -5.09. The average molecular weight is 369 g/mol. The number of allylic oxidation sites excluding steroid dienone is 2. The fraction of sp³-hybridized carbons (Fsp3) is 0.438. The van der Waals surface area contributed by atoms with Gasteiger partial charge in [0.15, 0.2) is 5.83 Å². The van der Waals surface area contributed by atoms with E-state index in [0.717, 1.165) is 6.07 Å². The summed E-state index contributed by atoms with van der Waals surface area (Å²) in [6.45, 7) is 2.61. The summed E-state index contributed by atoms with van der Waals surface area (Å²) in [6.07, 6.45) is -4.70. The monoisotopic (exact) mass is 368 g/mol. The van der Waals surface area contributed by atoms with Gasteiger partial charge >= 0.3 is 12.1 Å². The number of halogens is 6. The molecule has 1 aromatic rings. The van der Waals surface area contributed by atoms with E-state index in [1.807, 2.05) is 0 Å². The van der Waals surface area contributed by atoms with Crippen molar-refractivity contribution >= 4 is 17.6 Å². The van der Waals surface area contributed by atoms with Gasteiger partial charge in [-0.25, -0.2) is 8.78 Å². The van der Waals surface area contributed by atoms with Gasteiger partial charge in [-0.05, 0) is 29.5 Å². The van der Waals surface area contributed by atoms with Gasteiger partial charge < -0.3 is 4.74 Å². The summed E-state index contributed by atoms with van der Waals surface area (Å²) in [6, 6.07) is 3.94. The van der Waals surface area contributed by atoms with Crippen molar-refractivity contribution in [2.24, 2.45) is 17.3 Å². The summed E-state index contributed by atoms with van der Waals surface area (Å²) in [7, 11) is 0. The highest BCUT2D eigenvalue weighted by Crippen LogP contribution is 2.60. The van der Waals surface area contributed by atoms with Gasteiger partial charge in [0.25, 0.3) is 0 Å². The Morgan fingerprint density at radius 2 is 2.00 bits per heavy atom. The van der Waals surface area contributed by atoms with Crippen LogP contribution in [-0.4, -0.2) is 12.1 Å². The van der Waals surface area contributed by atoms with Crippen molar-refractivity contribution in [2.75, 3.05) is 0 Å². The fourth-order valence-corrected chi connectivity index (χ4v) is 2.81. The molecule has 0 heterocycles. The Labute approximate surface area is 140 Å². The Kier molecular flexibility index (Phi) is 4.95. The fourth-order valence-electron chi connectivity index (χ4n) is 2.59. The molecule has 0 unspecified atom stereocenters. The summed E-state index contributed by atoms with van der Waals surface area (Å²) >= 11 is 5.80. The molecule has 2 nitrogen and oxygen atoms in total. The number of esters is 1. The molecule has 24 heavy (non-hydrogen) atoms. The molecule has 0 spiro atoms. The van der Waals surface area contributed by atoms with Crippen LogP contribution in [0, 0.1) is 23.1 Å². The number of carbonyl (C=O) groups excluding carboxylic acids is 1. The molecule has 0 aliphatic heterocycles. The Hall–Kier alpha value is -1.63. The largest absolute Gasteiger partial charge is 0.460 e. The normalized spacial score (nSPS) is 23.1. The first-order chi connectivity index (χ1) is 11.0. The number of rotatable bonds is 4. The molecular formula is C16H14ClF5O2. The third-order valence-electron chi connectivity index (χ3n) is 4.18. The van der Waals surface area contributed by atoms with E-state index >= 15 is 0 Å². The molecule has 1 saturated carbocycles. The molecule has 132 valence electrons. The number of alkyl halides is 3. The lowest BCUT2D eigenvalue weighted by Gasteiger charge is -2.08. The lowest BCUT2D eigenvalue weighted by Crippen LogP contribution is -2.12. The van der Waals surface area contributed by atoms with Crippen LogP contribution in [0.15, 0.2) is 30.1 Å². The maximum Gasteiger partial charge on any atom is 0.442 e. The minimum Gasteiger partial charge on any atom is -0.460 e. The van der Waals surface area contributed by atoms with E-state index in [1.165, 1.54) is 26.0 Å². The number of carbonyl (C=O) groups is 1. The standard InChI is InChI=1S/C16H14ClF5O2/c1-15(2)9(6-12(19)16(20,21)22)13(15)14(23)24-7-8-10(17)4-3-5-11(8)18/h3-6,9,13H,7H2,1-2H3/t9-,13-/m0/s1. The van der Waals surface area contributed by atoms with Gasteiger partial charge in [0.2, 0.25) is 0 Å². The van der Waals surface area contributed by atoms with Crippen LogP contribution in [0.4, 0.5) is 22.0 Å². The lowest BCUT2D eigenvalue weighted by atomic mass is 10.1. The molecule has 0 N–H and O–H groups in total. The van der Waals surface area contributed by atoms with Crippen molar-refractivity contribution in [3.05, 3.63) is 46.5 Å². The molecule has 0 amide bonds. The molecule has 0 radical (unpaired) electrons. The van der Waals surface area contributed by atoms with Gasteiger partial charge in [-0.1, -0.05) is 31.5 Å². The van der Waals surface area contributed by atoms with Gasteiger partial charge in [-0.2, -0.15) is 13.2 Å². The predicted molar refractivity (Wildman–Crippen MR) is 77.2 cm³/mol. The molecule has 0 aromatic heterocycles. The van der Waals surface area contributed by atoms with Crippen LogP contribution < -0.4 is 0 Å². The van der Waals surface area contributed by atoms with Crippen LogP contribution in [0.3, 0.4) is 0 Å². The average Bonchev–Trinajstić information content (AvgIpc) is 2.98. The first-order valence-electron chi connectivity index (χ1n) is 7.00. The second kappa shape index (κ2) is 6.35. The molecule has 1 aromatic carbocycles. The smallest absolute Gasteiger partial charge is 0.442 e. The van der Waals surface area contributed by atoms with Crippen LogP contribution in [-0.2, 0) is 16.1 Å². The number of ether oxygens (including phenoxy) is 1. The molecule has 1 aliphatic rings. The number of benzene rings is 1.